The molecule has 0 unspecified atom stereocenters. The molecule has 0 aliphatic carbocycles. The van der Waals surface area contributed by atoms with Gasteiger partial charge in [-0.05, 0) is 6.42 Å². The number of hydrogen-bond acceptors (Lipinski definition) is 6. The minimum atomic E-state index is -5.66. The fourth-order valence-electron chi connectivity index (χ4n) is 0.554. The molecule has 6 nitrogen and oxygen atoms in total. The zero-order chi connectivity index (χ0) is 13.0. The lowest BCUT2D eigenvalue weighted by Gasteiger charge is -2.07. The van der Waals surface area contributed by atoms with Crippen LogP contribution in [0.3, 0.4) is 0 Å². The van der Waals surface area contributed by atoms with E-state index in [0.29, 0.717) is 0 Å². The van der Waals surface area contributed by atoms with Crippen LogP contribution in [0.4, 0.5) is 13.2 Å². The van der Waals surface area contributed by atoms with Crippen LogP contribution in [0.2, 0.25) is 0 Å². The molecule has 0 rings (SSSR count). The van der Waals surface area contributed by atoms with Crippen molar-refractivity contribution in [1.82, 2.24) is 0 Å². The van der Waals surface area contributed by atoms with Crippen molar-refractivity contribution in [2.75, 3.05) is 19.5 Å². The van der Waals surface area contributed by atoms with Crippen LogP contribution in [-0.2, 0) is 28.6 Å². The van der Waals surface area contributed by atoms with Crippen LogP contribution in [0.25, 0.3) is 0 Å². The molecule has 0 radical (unpaired) electrons. The van der Waals surface area contributed by atoms with Crippen LogP contribution in [0.15, 0.2) is 0 Å². The van der Waals surface area contributed by atoms with Crippen molar-refractivity contribution in [3.63, 3.8) is 0 Å². The lowest BCUT2D eigenvalue weighted by Crippen LogP contribution is -2.26. The highest BCUT2D eigenvalue weighted by atomic mass is 32.2. The predicted octanol–water partition coefficient (Wildman–Crippen LogP) is 0.219. The zero-order valence-corrected chi connectivity index (χ0v) is 9.65. The Morgan fingerprint density at radius 3 is 2.00 bits per heavy atom. The van der Waals surface area contributed by atoms with Gasteiger partial charge in [0.25, 0.3) is 10.1 Å². The molecule has 16 heavy (non-hydrogen) atoms. The molecule has 0 atom stereocenters. The van der Waals surface area contributed by atoms with Crippen molar-refractivity contribution in [1.29, 1.82) is 0 Å². The third-order valence-corrected chi connectivity index (χ3v) is 3.66. The summed E-state index contributed by atoms with van der Waals surface area (Å²) in [5, 5.41) is 0. The van der Waals surface area contributed by atoms with Gasteiger partial charge in [0.2, 0.25) is 0 Å². The third kappa shape index (κ3) is 5.09. The van der Waals surface area contributed by atoms with Gasteiger partial charge >= 0.3 is 15.6 Å². The van der Waals surface area contributed by atoms with Crippen LogP contribution in [-0.4, -0.2) is 41.8 Å². The summed E-state index contributed by atoms with van der Waals surface area (Å²) in [6.45, 7) is -0.884. The lowest BCUT2D eigenvalue weighted by molar-refractivity contribution is -0.0541. The molecule has 0 aliphatic rings. The van der Waals surface area contributed by atoms with Gasteiger partial charge in [-0.15, -0.1) is 0 Å². The van der Waals surface area contributed by atoms with E-state index in [-0.39, 0.29) is 0 Å². The number of hydrogen-bond donors (Lipinski definition) is 0. The molecule has 0 aliphatic heterocycles. The van der Waals surface area contributed by atoms with E-state index in [1.807, 2.05) is 0 Å². The maximum Gasteiger partial charge on any atom is 0.523 e. The maximum atomic E-state index is 11.7. The molecule has 11 heteroatoms. The molecule has 0 spiro atoms. The minimum absolute atomic E-state index is 0.425. The molecule has 0 N–H and O–H groups in total. The second-order valence-corrected chi connectivity index (χ2v) is 5.97. The molecule has 98 valence electrons. The van der Waals surface area contributed by atoms with Crippen molar-refractivity contribution in [2.24, 2.45) is 0 Å². The van der Waals surface area contributed by atoms with Gasteiger partial charge in [-0.3, -0.25) is 8.37 Å². The predicted molar refractivity (Wildman–Crippen MR) is 46.3 cm³/mol. The highest BCUT2D eigenvalue weighted by Crippen LogP contribution is 2.24. The third-order valence-electron chi connectivity index (χ3n) is 1.31. The molecule has 0 saturated heterocycles. The molecule has 0 aromatic rings. The smallest absolute Gasteiger partial charge is 0.273 e. The molecule has 0 aromatic carbocycles. The Hall–Kier alpha value is -0.390. The largest absolute Gasteiger partial charge is 0.523 e. The summed E-state index contributed by atoms with van der Waals surface area (Å²) in [5.74, 6) is -0.628. The molecule has 0 heterocycles. The summed E-state index contributed by atoms with van der Waals surface area (Å²) in [5.41, 5.74) is -5.51. The highest BCUT2D eigenvalue weighted by Gasteiger charge is 2.47. The van der Waals surface area contributed by atoms with E-state index in [1.165, 1.54) is 0 Å². The van der Waals surface area contributed by atoms with E-state index >= 15 is 0 Å². The SMILES string of the molecule is COS(=O)(=O)CCCOS(=O)(=O)C(F)(F)F. The molecule has 0 saturated carbocycles. The minimum Gasteiger partial charge on any atom is -0.273 e. The second kappa shape index (κ2) is 5.29. The quantitative estimate of drug-likeness (QED) is 0.394. The second-order valence-electron chi connectivity index (χ2n) is 2.50. The van der Waals surface area contributed by atoms with E-state index in [2.05, 4.69) is 8.37 Å². The van der Waals surface area contributed by atoms with Gasteiger partial charge < -0.3 is 0 Å². The topological polar surface area (TPSA) is 86.7 Å². The lowest BCUT2D eigenvalue weighted by atomic mass is 10.5. The first-order valence-electron chi connectivity index (χ1n) is 3.76. The summed E-state index contributed by atoms with van der Waals surface area (Å²) >= 11 is 0. The van der Waals surface area contributed by atoms with Gasteiger partial charge in [-0.25, -0.2) is 0 Å². The van der Waals surface area contributed by atoms with Gasteiger partial charge in [0.15, 0.2) is 0 Å². The average molecular weight is 286 g/mol. The van der Waals surface area contributed by atoms with Crippen molar-refractivity contribution in [2.45, 2.75) is 11.9 Å². The Balaban J connectivity index is 4.13. The van der Waals surface area contributed by atoms with E-state index in [1.54, 1.807) is 0 Å². The van der Waals surface area contributed by atoms with E-state index < -0.39 is 44.5 Å². The summed E-state index contributed by atoms with van der Waals surface area (Å²) in [6.07, 6.45) is -0.425. The Bertz CT molecular complexity index is 408. The van der Waals surface area contributed by atoms with E-state index in [4.69, 9.17) is 0 Å². The van der Waals surface area contributed by atoms with Crippen LogP contribution < -0.4 is 0 Å². The number of halogens is 3. The molecular formula is C5H9F3O6S2. The average Bonchev–Trinajstić information content (AvgIpc) is 2.11. The molecular weight excluding hydrogens is 277 g/mol. The summed E-state index contributed by atoms with van der Waals surface area (Å²) in [7, 11) is -8.61. The van der Waals surface area contributed by atoms with Gasteiger partial charge in [0.1, 0.15) is 0 Å². The molecule has 0 aromatic heterocycles. The first-order chi connectivity index (χ1) is 7.02. The Kier molecular flexibility index (Phi) is 5.16. The van der Waals surface area contributed by atoms with Crippen molar-refractivity contribution in [3.05, 3.63) is 0 Å². The summed E-state index contributed by atoms with van der Waals surface area (Å²) in [6, 6.07) is 0. The number of alkyl halides is 3. The van der Waals surface area contributed by atoms with Crippen LogP contribution >= 0.6 is 0 Å². The maximum absolute atomic E-state index is 11.7. The monoisotopic (exact) mass is 286 g/mol. The Morgan fingerprint density at radius 1 is 1.12 bits per heavy atom. The Labute approximate surface area is 90.6 Å². The highest BCUT2D eigenvalue weighted by molar-refractivity contribution is 7.87. The van der Waals surface area contributed by atoms with Crippen molar-refractivity contribution >= 4 is 20.2 Å². The van der Waals surface area contributed by atoms with Crippen molar-refractivity contribution in [3.8, 4) is 0 Å². The Morgan fingerprint density at radius 2 is 1.62 bits per heavy atom. The van der Waals surface area contributed by atoms with Gasteiger partial charge in [-0.2, -0.15) is 30.0 Å². The van der Waals surface area contributed by atoms with Gasteiger partial charge in [0, 0.05) is 0 Å². The zero-order valence-electron chi connectivity index (χ0n) is 8.02. The first kappa shape index (κ1) is 15.6. The molecule has 0 bridgehead atoms. The fraction of sp³-hybridized carbons (Fsp3) is 1.00. The van der Waals surface area contributed by atoms with Gasteiger partial charge in [0.05, 0.1) is 19.5 Å². The summed E-state index contributed by atoms with van der Waals surface area (Å²) in [4.78, 5) is 0. The number of rotatable bonds is 6. The molecule has 0 fully saturated rings. The standard InChI is InChI=1S/C5H9F3O6S2/c1-13-15(9,10)4-2-3-14-16(11,12)5(6,7)8/h2-4H2,1H3. The van der Waals surface area contributed by atoms with Gasteiger partial charge in [-0.1, -0.05) is 0 Å². The van der Waals surface area contributed by atoms with Crippen LogP contribution in [0.5, 0.6) is 0 Å². The molecule has 0 amide bonds. The van der Waals surface area contributed by atoms with E-state index in [9.17, 15) is 30.0 Å². The fourth-order valence-corrected chi connectivity index (χ4v) is 1.66. The van der Waals surface area contributed by atoms with E-state index in [0.717, 1.165) is 7.11 Å². The normalized spacial score (nSPS) is 14.0. The van der Waals surface area contributed by atoms with Crippen molar-refractivity contribution < 1.29 is 38.4 Å². The van der Waals surface area contributed by atoms with Crippen LogP contribution in [0, 0.1) is 0 Å². The first-order valence-corrected chi connectivity index (χ1v) is 6.74. The van der Waals surface area contributed by atoms with Crippen LogP contribution in [0.1, 0.15) is 6.42 Å². The summed E-state index contributed by atoms with van der Waals surface area (Å²) < 4.78 is 84.6.